The van der Waals surface area contributed by atoms with Crippen molar-refractivity contribution in [1.29, 1.82) is 0 Å². The number of methoxy groups -OCH3 is 1. The van der Waals surface area contributed by atoms with Crippen LogP contribution in [-0.2, 0) is 17.6 Å². The predicted octanol–water partition coefficient (Wildman–Crippen LogP) is 4.79. The molecular weight excluding hydrogens is 300 g/mol. The molecule has 128 valence electrons. The van der Waals surface area contributed by atoms with Gasteiger partial charge in [0.15, 0.2) is 0 Å². The van der Waals surface area contributed by atoms with Crippen molar-refractivity contribution in [2.75, 3.05) is 7.11 Å². The normalized spacial score (nSPS) is 12.2. The lowest BCUT2D eigenvalue weighted by atomic mass is 9.89. The Morgan fingerprint density at radius 3 is 2.21 bits per heavy atom. The fourth-order valence-corrected chi connectivity index (χ4v) is 2.88. The fourth-order valence-electron chi connectivity index (χ4n) is 2.88. The van der Waals surface area contributed by atoms with Crippen molar-refractivity contribution in [3.05, 3.63) is 64.7 Å². The van der Waals surface area contributed by atoms with Gasteiger partial charge >= 0.3 is 5.97 Å². The first kappa shape index (κ1) is 18.1. The molecule has 1 N–H and O–H groups in total. The predicted molar refractivity (Wildman–Crippen MR) is 97.0 cm³/mol. The monoisotopic (exact) mass is 326 g/mol. The Bertz CT molecular complexity index is 687. The summed E-state index contributed by atoms with van der Waals surface area (Å²) in [5.41, 5.74) is 4.15. The van der Waals surface area contributed by atoms with Crippen LogP contribution in [0.2, 0.25) is 0 Å². The van der Waals surface area contributed by atoms with Crippen LogP contribution in [0.3, 0.4) is 0 Å². The van der Waals surface area contributed by atoms with Gasteiger partial charge in [-0.15, -0.1) is 0 Å². The zero-order valence-electron chi connectivity index (χ0n) is 14.9. The molecule has 0 saturated heterocycles. The first-order valence-corrected chi connectivity index (χ1v) is 8.44. The fraction of sp³-hybridized carbons (Fsp3) is 0.381. The highest BCUT2D eigenvalue weighted by Crippen LogP contribution is 2.31. The van der Waals surface area contributed by atoms with Crippen LogP contribution in [0.4, 0.5) is 0 Å². The summed E-state index contributed by atoms with van der Waals surface area (Å²) in [5.74, 6) is -0.333. The molecule has 3 heteroatoms. The van der Waals surface area contributed by atoms with Gasteiger partial charge in [-0.25, -0.2) is 0 Å². The molecule has 1 unspecified atom stereocenters. The summed E-state index contributed by atoms with van der Waals surface area (Å²) in [6.07, 6.45) is 1.32. The maximum atomic E-state index is 11.9. The second-order valence-corrected chi connectivity index (χ2v) is 6.42. The number of hydrogen-bond donors (Lipinski definition) is 1. The average Bonchev–Trinajstić information content (AvgIpc) is 2.59. The zero-order chi connectivity index (χ0) is 17.7. The Balaban J connectivity index is 2.34. The van der Waals surface area contributed by atoms with E-state index in [0.717, 1.165) is 23.1 Å². The van der Waals surface area contributed by atoms with Gasteiger partial charge in [0.25, 0.3) is 0 Å². The third-order valence-electron chi connectivity index (χ3n) is 4.46. The molecule has 2 aromatic carbocycles. The van der Waals surface area contributed by atoms with Crippen LogP contribution >= 0.6 is 0 Å². The number of carboxylic acid groups (broad SMARTS) is 1. The van der Waals surface area contributed by atoms with Crippen LogP contribution in [0.25, 0.3) is 0 Å². The van der Waals surface area contributed by atoms with E-state index < -0.39 is 11.9 Å². The summed E-state index contributed by atoms with van der Waals surface area (Å²) in [4.78, 5) is 11.9. The molecule has 0 radical (unpaired) electrons. The largest absolute Gasteiger partial charge is 0.496 e. The van der Waals surface area contributed by atoms with E-state index in [2.05, 4.69) is 32.9 Å². The van der Waals surface area contributed by atoms with Gasteiger partial charge in [-0.05, 0) is 41.5 Å². The molecule has 0 spiro atoms. The number of benzene rings is 2. The Kier molecular flexibility index (Phi) is 6.02. The van der Waals surface area contributed by atoms with Gasteiger partial charge in [-0.3, -0.25) is 4.79 Å². The highest BCUT2D eigenvalue weighted by atomic mass is 16.5. The van der Waals surface area contributed by atoms with Crippen LogP contribution in [0, 0.1) is 0 Å². The van der Waals surface area contributed by atoms with Crippen molar-refractivity contribution < 1.29 is 14.6 Å². The Labute approximate surface area is 144 Å². The van der Waals surface area contributed by atoms with Crippen LogP contribution in [0.5, 0.6) is 5.75 Å². The molecule has 0 aliphatic carbocycles. The SMILES string of the molecule is CCc1ccc(OC)c(C(Cc2ccc(C(C)C)cc2)C(=O)O)c1. The number of hydrogen-bond acceptors (Lipinski definition) is 2. The van der Waals surface area contributed by atoms with Crippen molar-refractivity contribution in [2.45, 2.75) is 45.4 Å². The van der Waals surface area contributed by atoms with Gasteiger partial charge in [0.2, 0.25) is 0 Å². The second-order valence-electron chi connectivity index (χ2n) is 6.42. The third-order valence-corrected chi connectivity index (χ3v) is 4.46. The quantitative estimate of drug-likeness (QED) is 0.795. The van der Waals surface area contributed by atoms with E-state index in [1.54, 1.807) is 7.11 Å². The maximum absolute atomic E-state index is 11.9. The van der Waals surface area contributed by atoms with Crippen LogP contribution < -0.4 is 4.74 Å². The number of carbonyl (C=O) groups is 1. The first-order valence-electron chi connectivity index (χ1n) is 8.44. The van der Waals surface area contributed by atoms with E-state index in [-0.39, 0.29) is 0 Å². The highest BCUT2D eigenvalue weighted by Gasteiger charge is 2.24. The Morgan fingerprint density at radius 1 is 1.08 bits per heavy atom. The number of ether oxygens (including phenoxy) is 1. The molecule has 0 aliphatic rings. The average molecular weight is 326 g/mol. The lowest BCUT2D eigenvalue weighted by Gasteiger charge is -2.18. The van der Waals surface area contributed by atoms with E-state index in [1.807, 2.05) is 30.3 Å². The van der Waals surface area contributed by atoms with Crippen molar-refractivity contribution in [3.8, 4) is 5.75 Å². The standard InChI is InChI=1S/C21H26O3/c1-5-15-8-11-20(24-4)18(12-15)19(21(22)23)13-16-6-9-17(10-7-16)14(2)3/h6-12,14,19H,5,13H2,1-4H3,(H,22,23). The molecule has 2 aromatic rings. The van der Waals surface area contributed by atoms with Crippen LogP contribution in [0.15, 0.2) is 42.5 Å². The molecule has 0 fully saturated rings. The van der Waals surface area contributed by atoms with Crippen LogP contribution in [0.1, 0.15) is 54.9 Å². The molecule has 24 heavy (non-hydrogen) atoms. The first-order chi connectivity index (χ1) is 11.5. The molecule has 0 saturated carbocycles. The molecule has 0 amide bonds. The molecule has 0 heterocycles. The summed E-state index contributed by atoms with van der Waals surface area (Å²) in [6, 6.07) is 14.0. The molecule has 0 aromatic heterocycles. The molecule has 0 aliphatic heterocycles. The van der Waals surface area contributed by atoms with E-state index in [0.29, 0.717) is 18.1 Å². The van der Waals surface area contributed by atoms with Crippen molar-refractivity contribution in [1.82, 2.24) is 0 Å². The molecular formula is C21H26O3. The Morgan fingerprint density at radius 2 is 1.71 bits per heavy atom. The lowest BCUT2D eigenvalue weighted by Crippen LogP contribution is -2.16. The summed E-state index contributed by atoms with van der Waals surface area (Å²) >= 11 is 0. The van der Waals surface area contributed by atoms with Gasteiger partial charge < -0.3 is 9.84 Å². The number of aliphatic carboxylic acids is 1. The van der Waals surface area contributed by atoms with E-state index >= 15 is 0 Å². The van der Waals surface area contributed by atoms with E-state index in [1.165, 1.54) is 5.56 Å². The minimum Gasteiger partial charge on any atom is -0.496 e. The van der Waals surface area contributed by atoms with Gasteiger partial charge in [0, 0.05) is 5.56 Å². The number of aryl methyl sites for hydroxylation is 1. The third kappa shape index (κ3) is 4.16. The summed E-state index contributed by atoms with van der Waals surface area (Å²) in [5, 5.41) is 9.76. The maximum Gasteiger partial charge on any atom is 0.311 e. The Hall–Kier alpha value is -2.29. The van der Waals surface area contributed by atoms with Gasteiger partial charge in [-0.2, -0.15) is 0 Å². The lowest BCUT2D eigenvalue weighted by molar-refractivity contribution is -0.138. The van der Waals surface area contributed by atoms with Crippen molar-refractivity contribution in [3.63, 3.8) is 0 Å². The molecule has 0 bridgehead atoms. The van der Waals surface area contributed by atoms with E-state index in [9.17, 15) is 9.90 Å². The summed E-state index contributed by atoms with van der Waals surface area (Å²) in [6.45, 7) is 6.36. The van der Waals surface area contributed by atoms with Crippen molar-refractivity contribution >= 4 is 5.97 Å². The molecule has 1 atom stereocenters. The van der Waals surface area contributed by atoms with Gasteiger partial charge in [0.1, 0.15) is 5.75 Å². The molecule has 2 rings (SSSR count). The van der Waals surface area contributed by atoms with Gasteiger partial charge in [0.05, 0.1) is 13.0 Å². The highest BCUT2D eigenvalue weighted by molar-refractivity contribution is 5.78. The second kappa shape index (κ2) is 8.00. The summed E-state index contributed by atoms with van der Waals surface area (Å²) in [7, 11) is 1.58. The zero-order valence-corrected chi connectivity index (χ0v) is 14.9. The van der Waals surface area contributed by atoms with Crippen molar-refractivity contribution in [2.24, 2.45) is 0 Å². The van der Waals surface area contributed by atoms with E-state index in [4.69, 9.17) is 4.74 Å². The topological polar surface area (TPSA) is 46.5 Å². The summed E-state index contributed by atoms with van der Waals surface area (Å²) < 4.78 is 5.40. The minimum atomic E-state index is -0.825. The smallest absolute Gasteiger partial charge is 0.311 e. The minimum absolute atomic E-state index is 0.456. The number of rotatable bonds is 7. The molecule has 3 nitrogen and oxygen atoms in total. The van der Waals surface area contributed by atoms with Gasteiger partial charge in [-0.1, -0.05) is 57.2 Å². The number of carboxylic acids is 1. The van der Waals surface area contributed by atoms with Crippen LogP contribution in [-0.4, -0.2) is 18.2 Å².